The number of aromatic nitrogens is 2. The molecule has 0 saturated heterocycles. The van der Waals surface area contributed by atoms with Gasteiger partial charge in [0.05, 0.1) is 0 Å². The molecule has 2 heterocycles. The van der Waals surface area contributed by atoms with Gasteiger partial charge in [-0.3, -0.25) is 9.89 Å². The Hall–Kier alpha value is -1.62. The van der Waals surface area contributed by atoms with Crippen molar-refractivity contribution in [3.8, 4) is 0 Å². The highest BCUT2D eigenvalue weighted by Gasteiger charge is 2.21. The van der Waals surface area contributed by atoms with Gasteiger partial charge in [0.1, 0.15) is 0 Å². The van der Waals surface area contributed by atoms with Gasteiger partial charge in [0.2, 0.25) is 0 Å². The molecule has 5 nitrogen and oxygen atoms in total. The maximum absolute atomic E-state index is 12.0. The molecule has 1 atom stereocenters. The molecular weight excluding hydrogens is 216 g/mol. The Morgan fingerprint density at radius 2 is 2.53 bits per heavy atom. The molecule has 0 spiro atoms. The number of nitrogens with zero attached hydrogens (tertiary/aromatic N) is 1. The van der Waals surface area contributed by atoms with Crippen molar-refractivity contribution in [1.82, 2.24) is 20.8 Å². The van der Waals surface area contributed by atoms with Crippen LogP contribution >= 0.6 is 0 Å². The molecule has 1 amide bonds. The third kappa shape index (κ3) is 2.55. The van der Waals surface area contributed by atoms with E-state index in [0.29, 0.717) is 12.2 Å². The fourth-order valence-corrected chi connectivity index (χ4v) is 2.01. The summed E-state index contributed by atoms with van der Waals surface area (Å²) < 4.78 is 0. The molecule has 0 saturated carbocycles. The first-order valence-corrected chi connectivity index (χ1v) is 5.91. The summed E-state index contributed by atoms with van der Waals surface area (Å²) in [7, 11) is 0. The molecule has 3 N–H and O–H groups in total. The van der Waals surface area contributed by atoms with Crippen molar-refractivity contribution in [3.63, 3.8) is 0 Å². The van der Waals surface area contributed by atoms with Gasteiger partial charge in [-0.2, -0.15) is 5.10 Å². The van der Waals surface area contributed by atoms with Crippen LogP contribution in [0.2, 0.25) is 0 Å². The molecule has 5 heteroatoms. The Morgan fingerprint density at radius 3 is 3.29 bits per heavy atom. The van der Waals surface area contributed by atoms with Crippen LogP contribution in [0.3, 0.4) is 0 Å². The number of amides is 1. The van der Waals surface area contributed by atoms with Crippen molar-refractivity contribution in [2.45, 2.75) is 32.4 Å². The van der Waals surface area contributed by atoms with Gasteiger partial charge in [0.25, 0.3) is 5.91 Å². The summed E-state index contributed by atoms with van der Waals surface area (Å²) in [6.45, 7) is 7.26. The lowest BCUT2D eigenvalue weighted by Crippen LogP contribution is -2.34. The largest absolute Gasteiger partial charge is 0.348 e. The molecule has 0 aromatic carbocycles. The van der Waals surface area contributed by atoms with E-state index in [1.54, 1.807) is 6.08 Å². The molecule has 0 fully saturated rings. The lowest BCUT2D eigenvalue weighted by atomic mass is 10.1. The van der Waals surface area contributed by atoms with Crippen molar-refractivity contribution in [1.29, 1.82) is 0 Å². The molecule has 92 valence electrons. The van der Waals surface area contributed by atoms with Crippen LogP contribution in [-0.2, 0) is 13.0 Å². The van der Waals surface area contributed by atoms with Crippen LogP contribution in [0.5, 0.6) is 0 Å². The maximum Gasteiger partial charge on any atom is 0.272 e. The number of carbonyl (C=O) groups excluding carboxylic acids is 1. The standard InChI is InChI=1S/C12H18N4O/c1-3-4-8(2)14-12(17)11-9-7-13-6-5-10(9)15-16-11/h3,8,13H,1,4-7H2,2H3,(H,14,17)(H,15,16). The number of aromatic amines is 1. The first kappa shape index (κ1) is 11.9. The van der Waals surface area contributed by atoms with E-state index < -0.39 is 0 Å². The fraction of sp³-hybridized carbons (Fsp3) is 0.500. The van der Waals surface area contributed by atoms with Crippen LogP contribution in [0, 0.1) is 0 Å². The number of carbonyl (C=O) groups is 1. The third-order valence-corrected chi connectivity index (χ3v) is 2.92. The van der Waals surface area contributed by atoms with E-state index in [4.69, 9.17) is 0 Å². The van der Waals surface area contributed by atoms with Gasteiger partial charge in [-0.05, 0) is 13.3 Å². The molecule has 1 aromatic heterocycles. The first-order chi connectivity index (χ1) is 8.22. The zero-order valence-electron chi connectivity index (χ0n) is 10.0. The van der Waals surface area contributed by atoms with Gasteiger partial charge in [-0.15, -0.1) is 6.58 Å². The van der Waals surface area contributed by atoms with Crippen LogP contribution in [-0.4, -0.2) is 28.7 Å². The Labute approximate surface area is 101 Å². The average Bonchev–Trinajstić information content (AvgIpc) is 2.72. The zero-order chi connectivity index (χ0) is 12.3. The van der Waals surface area contributed by atoms with E-state index in [-0.39, 0.29) is 11.9 Å². The van der Waals surface area contributed by atoms with E-state index in [9.17, 15) is 4.79 Å². The van der Waals surface area contributed by atoms with Gasteiger partial charge in [0, 0.05) is 36.8 Å². The van der Waals surface area contributed by atoms with Crippen molar-refractivity contribution < 1.29 is 4.79 Å². The molecule has 1 aliphatic heterocycles. The van der Waals surface area contributed by atoms with E-state index in [1.807, 2.05) is 6.92 Å². The molecule has 0 radical (unpaired) electrons. The fourth-order valence-electron chi connectivity index (χ4n) is 2.01. The molecule has 1 unspecified atom stereocenters. The maximum atomic E-state index is 12.0. The highest BCUT2D eigenvalue weighted by Crippen LogP contribution is 2.15. The SMILES string of the molecule is C=CCC(C)NC(=O)c1n[nH]c2c1CNCC2. The van der Waals surface area contributed by atoms with Crippen molar-refractivity contribution >= 4 is 5.91 Å². The highest BCUT2D eigenvalue weighted by atomic mass is 16.2. The summed E-state index contributed by atoms with van der Waals surface area (Å²) in [6, 6.07) is 0.0869. The normalized spacial score (nSPS) is 16.1. The van der Waals surface area contributed by atoms with Crippen LogP contribution in [0.4, 0.5) is 0 Å². The van der Waals surface area contributed by atoms with E-state index in [1.165, 1.54) is 0 Å². The Morgan fingerprint density at radius 1 is 1.71 bits per heavy atom. The summed E-state index contributed by atoms with van der Waals surface area (Å²) in [5.74, 6) is -0.111. The van der Waals surface area contributed by atoms with Crippen molar-refractivity contribution in [3.05, 3.63) is 29.6 Å². The summed E-state index contributed by atoms with van der Waals surface area (Å²) in [5, 5.41) is 13.2. The highest BCUT2D eigenvalue weighted by molar-refractivity contribution is 5.94. The van der Waals surface area contributed by atoms with E-state index in [2.05, 4.69) is 27.4 Å². The molecule has 1 aromatic rings. The quantitative estimate of drug-likeness (QED) is 0.673. The average molecular weight is 234 g/mol. The van der Waals surface area contributed by atoms with Gasteiger partial charge in [0.15, 0.2) is 5.69 Å². The second-order valence-corrected chi connectivity index (χ2v) is 4.35. The zero-order valence-corrected chi connectivity index (χ0v) is 10.0. The van der Waals surface area contributed by atoms with Crippen LogP contribution in [0.1, 0.15) is 35.1 Å². The number of hydrogen-bond donors (Lipinski definition) is 3. The second kappa shape index (κ2) is 5.14. The predicted molar refractivity (Wildman–Crippen MR) is 65.7 cm³/mol. The smallest absolute Gasteiger partial charge is 0.272 e. The van der Waals surface area contributed by atoms with Gasteiger partial charge in [-0.25, -0.2) is 0 Å². The molecule has 0 aliphatic carbocycles. The number of H-pyrrole nitrogens is 1. The monoisotopic (exact) mass is 234 g/mol. The molecule has 2 rings (SSSR count). The Balaban J connectivity index is 2.09. The van der Waals surface area contributed by atoms with Gasteiger partial charge in [-0.1, -0.05) is 6.08 Å². The number of hydrogen-bond acceptors (Lipinski definition) is 3. The summed E-state index contributed by atoms with van der Waals surface area (Å²) >= 11 is 0. The van der Waals surface area contributed by atoms with Gasteiger partial charge >= 0.3 is 0 Å². The Kier molecular flexibility index (Phi) is 3.58. The molecule has 1 aliphatic rings. The van der Waals surface area contributed by atoms with Crippen molar-refractivity contribution in [2.24, 2.45) is 0 Å². The third-order valence-electron chi connectivity index (χ3n) is 2.92. The number of nitrogens with one attached hydrogen (secondary N) is 3. The van der Waals surface area contributed by atoms with Crippen LogP contribution in [0.15, 0.2) is 12.7 Å². The minimum absolute atomic E-state index is 0.0869. The predicted octanol–water partition coefficient (Wildman–Crippen LogP) is 0.750. The molecular formula is C12H18N4O. The Bertz CT molecular complexity index is 424. The first-order valence-electron chi connectivity index (χ1n) is 5.91. The molecule has 0 bridgehead atoms. The second-order valence-electron chi connectivity index (χ2n) is 4.35. The topological polar surface area (TPSA) is 69.8 Å². The summed E-state index contributed by atoms with van der Waals surface area (Å²) in [4.78, 5) is 12.0. The lowest BCUT2D eigenvalue weighted by molar-refractivity contribution is 0.0934. The van der Waals surface area contributed by atoms with E-state index in [0.717, 1.165) is 30.6 Å². The van der Waals surface area contributed by atoms with Crippen molar-refractivity contribution in [2.75, 3.05) is 6.54 Å². The number of rotatable bonds is 4. The van der Waals surface area contributed by atoms with Crippen LogP contribution in [0.25, 0.3) is 0 Å². The summed E-state index contributed by atoms with van der Waals surface area (Å²) in [6.07, 6.45) is 3.46. The minimum atomic E-state index is -0.111. The van der Waals surface area contributed by atoms with Crippen LogP contribution < -0.4 is 10.6 Å². The number of fused-ring (bicyclic) bond motifs is 1. The van der Waals surface area contributed by atoms with Gasteiger partial charge < -0.3 is 10.6 Å². The van der Waals surface area contributed by atoms with E-state index >= 15 is 0 Å². The molecule has 17 heavy (non-hydrogen) atoms. The summed E-state index contributed by atoms with van der Waals surface area (Å²) in [5.41, 5.74) is 2.59. The lowest BCUT2D eigenvalue weighted by Gasteiger charge is -2.14. The minimum Gasteiger partial charge on any atom is -0.348 e.